The summed E-state index contributed by atoms with van der Waals surface area (Å²) in [5, 5.41) is 0. The predicted molar refractivity (Wildman–Crippen MR) is 62.1 cm³/mol. The molecule has 1 unspecified atom stereocenters. The van der Waals surface area contributed by atoms with E-state index in [0.717, 1.165) is 19.3 Å². The minimum Gasteiger partial charge on any atom is -0.300 e. The molecule has 0 aliphatic heterocycles. The van der Waals surface area contributed by atoms with E-state index in [-0.39, 0.29) is 0 Å². The van der Waals surface area contributed by atoms with Crippen LogP contribution < -0.4 is 0 Å². The van der Waals surface area contributed by atoms with Crippen molar-refractivity contribution in [1.82, 2.24) is 0 Å². The first-order valence-electron chi connectivity index (χ1n) is 5.75. The third kappa shape index (κ3) is 2.28. The number of Topliss-reactive ketones (excluding diaryl/α,β-unsaturated/α-hetero) is 1. The van der Waals surface area contributed by atoms with Crippen LogP contribution in [0.2, 0.25) is 0 Å². The Hall–Kier alpha value is -1.11. The lowest BCUT2D eigenvalue weighted by Gasteiger charge is -2.23. The second kappa shape index (κ2) is 4.18. The molecule has 0 heterocycles. The fourth-order valence-corrected chi connectivity index (χ4v) is 2.49. The summed E-state index contributed by atoms with van der Waals surface area (Å²) in [6.45, 7) is 4.27. The van der Waals surface area contributed by atoms with Crippen LogP contribution >= 0.6 is 0 Å². The highest BCUT2D eigenvalue weighted by atomic mass is 16.1. The van der Waals surface area contributed by atoms with Crippen LogP contribution in [0.25, 0.3) is 0 Å². The quantitative estimate of drug-likeness (QED) is 0.681. The second-order valence-corrected chi connectivity index (χ2v) is 4.69. The monoisotopic (exact) mass is 202 g/mol. The Balaban J connectivity index is 2.27. The van der Waals surface area contributed by atoms with Gasteiger partial charge in [0.1, 0.15) is 5.78 Å². The van der Waals surface area contributed by atoms with Crippen LogP contribution in [0.5, 0.6) is 0 Å². The first kappa shape index (κ1) is 10.4. The van der Waals surface area contributed by atoms with Gasteiger partial charge in [0.15, 0.2) is 0 Å². The molecule has 15 heavy (non-hydrogen) atoms. The van der Waals surface area contributed by atoms with Crippen molar-refractivity contribution < 1.29 is 4.79 Å². The molecule has 1 aliphatic rings. The minimum absolute atomic E-state index is 0.437. The van der Waals surface area contributed by atoms with E-state index in [2.05, 4.69) is 32.0 Å². The smallest absolute Gasteiger partial charge is 0.133 e. The topological polar surface area (TPSA) is 17.1 Å². The van der Waals surface area contributed by atoms with Gasteiger partial charge in [0.25, 0.3) is 0 Å². The van der Waals surface area contributed by atoms with E-state index >= 15 is 0 Å². The van der Waals surface area contributed by atoms with Crippen molar-refractivity contribution in [3.05, 3.63) is 34.9 Å². The lowest BCUT2D eigenvalue weighted by molar-refractivity contribution is -0.120. The standard InChI is InChI=1S/C14H18O/c1-10-6-7-11(2)14(8-10)12-4-3-5-13(15)9-12/h6-8,12H,3-5,9H2,1-2H3. The molecule has 0 N–H and O–H groups in total. The molecule has 1 heteroatoms. The average Bonchev–Trinajstić information content (AvgIpc) is 2.22. The summed E-state index contributed by atoms with van der Waals surface area (Å²) < 4.78 is 0. The number of hydrogen-bond donors (Lipinski definition) is 0. The van der Waals surface area contributed by atoms with Crippen molar-refractivity contribution in [1.29, 1.82) is 0 Å². The van der Waals surface area contributed by atoms with Gasteiger partial charge in [-0.15, -0.1) is 0 Å². The molecule has 0 amide bonds. The van der Waals surface area contributed by atoms with Gasteiger partial charge < -0.3 is 0 Å². The second-order valence-electron chi connectivity index (χ2n) is 4.69. The third-order valence-corrected chi connectivity index (χ3v) is 3.36. The number of rotatable bonds is 1. The van der Waals surface area contributed by atoms with E-state index < -0.39 is 0 Å². The fourth-order valence-electron chi connectivity index (χ4n) is 2.49. The molecule has 0 spiro atoms. The van der Waals surface area contributed by atoms with Gasteiger partial charge in [-0.1, -0.05) is 23.8 Å². The van der Waals surface area contributed by atoms with Crippen LogP contribution in [0, 0.1) is 13.8 Å². The van der Waals surface area contributed by atoms with Gasteiger partial charge >= 0.3 is 0 Å². The molecule has 2 rings (SSSR count). The maximum absolute atomic E-state index is 11.4. The molecular formula is C14H18O. The number of hydrogen-bond acceptors (Lipinski definition) is 1. The number of aryl methyl sites for hydroxylation is 2. The van der Waals surface area contributed by atoms with Gasteiger partial charge in [0.05, 0.1) is 0 Å². The molecule has 1 aromatic rings. The molecule has 80 valence electrons. The largest absolute Gasteiger partial charge is 0.300 e. The van der Waals surface area contributed by atoms with Gasteiger partial charge in [-0.05, 0) is 43.7 Å². The molecule has 1 nitrogen and oxygen atoms in total. The molecule has 1 saturated carbocycles. The maximum atomic E-state index is 11.4. The summed E-state index contributed by atoms with van der Waals surface area (Å²) in [6, 6.07) is 6.56. The van der Waals surface area contributed by atoms with Crippen LogP contribution in [0.1, 0.15) is 48.3 Å². The van der Waals surface area contributed by atoms with Crippen molar-refractivity contribution in [3.63, 3.8) is 0 Å². The number of carbonyl (C=O) groups excluding carboxylic acids is 1. The zero-order chi connectivity index (χ0) is 10.8. The van der Waals surface area contributed by atoms with Gasteiger partial charge in [-0.25, -0.2) is 0 Å². The van der Waals surface area contributed by atoms with Crippen LogP contribution in [0.15, 0.2) is 18.2 Å². The van der Waals surface area contributed by atoms with E-state index in [9.17, 15) is 4.79 Å². The highest BCUT2D eigenvalue weighted by Crippen LogP contribution is 2.33. The summed E-state index contributed by atoms with van der Waals surface area (Å²) in [5.41, 5.74) is 4.02. The Kier molecular flexibility index (Phi) is 2.90. The molecule has 0 aromatic heterocycles. The first-order valence-corrected chi connectivity index (χ1v) is 5.75. The van der Waals surface area contributed by atoms with Gasteiger partial charge in [0, 0.05) is 12.8 Å². The number of benzene rings is 1. The van der Waals surface area contributed by atoms with Gasteiger partial charge in [-0.3, -0.25) is 4.79 Å². The molecule has 0 saturated heterocycles. The average molecular weight is 202 g/mol. The Morgan fingerprint density at radius 2 is 2.07 bits per heavy atom. The minimum atomic E-state index is 0.437. The zero-order valence-corrected chi connectivity index (χ0v) is 9.55. The predicted octanol–water partition coefficient (Wildman–Crippen LogP) is 3.53. The summed E-state index contributed by atoms with van der Waals surface area (Å²) >= 11 is 0. The van der Waals surface area contributed by atoms with E-state index in [1.807, 2.05) is 0 Å². The lowest BCUT2D eigenvalue weighted by Crippen LogP contribution is -2.14. The van der Waals surface area contributed by atoms with Crippen LogP contribution in [0.4, 0.5) is 0 Å². The Labute approximate surface area is 91.5 Å². The molecule has 0 bridgehead atoms. The van der Waals surface area contributed by atoms with Crippen molar-refractivity contribution in [3.8, 4) is 0 Å². The lowest BCUT2D eigenvalue weighted by atomic mass is 9.81. The Bertz CT molecular complexity index is 379. The SMILES string of the molecule is Cc1ccc(C)c(C2CCCC(=O)C2)c1. The van der Waals surface area contributed by atoms with E-state index in [1.54, 1.807) is 0 Å². The van der Waals surface area contributed by atoms with E-state index in [0.29, 0.717) is 11.7 Å². The molecule has 1 atom stereocenters. The number of carbonyl (C=O) groups is 1. The van der Waals surface area contributed by atoms with Crippen LogP contribution in [-0.4, -0.2) is 5.78 Å². The molecular weight excluding hydrogens is 184 g/mol. The van der Waals surface area contributed by atoms with Crippen molar-refractivity contribution in [2.75, 3.05) is 0 Å². The third-order valence-electron chi connectivity index (χ3n) is 3.36. The highest BCUT2D eigenvalue weighted by molar-refractivity contribution is 5.80. The summed E-state index contributed by atoms with van der Waals surface area (Å²) in [4.78, 5) is 11.4. The zero-order valence-electron chi connectivity index (χ0n) is 9.55. The summed E-state index contributed by atoms with van der Waals surface area (Å²) in [6.07, 6.45) is 3.79. The Morgan fingerprint density at radius 1 is 1.27 bits per heavy atom. The van der Waals surface area contributed by atoms with Gasteiger partial charge in [0.2, 0.25) is 0 Å². The molecule has 1 aliphatic carbocycles. The molecule has 1 aromatic carbocycles. The molecule has 1 fully saturated rings. The van der Waals surface area contributed by atoms with Crippen LogP contribution in [0.3, 0.4) is 0 Å². The van der Waals surface area contributed by atoms with E-state index in [4.69, 9.17) is 0 Å². The normalized spacial score (nSPS) is 21.7. The van der Waals surface area contributed by atoms with Crippen molar-refractivity contribution in [2.24, 2.45) is 0 Å². The van der Waals surface area contributed by atoms with Crippen LogP contribution in [-0.2, 0) is 4.79 Å². The van der Waals surface area contributed by atoms with E-state index in [1.165, 1.54) is 23.1 Å². The summed E-state index contributed by atoms with van der Waals surface area (Å²) in [5.74, 6) is 0.915. The maximum Gasteiger partial charge on any atom is 0.133 e. The van der Waals surface area contributed by atoms with Crippen molar-refractivity contribution in [2.45, 2.75) is 45.4 Å². The fraction of sp³-hybridized carbons (Fsp3) is 0.500. The number of ketones is 1. The first-order chi connectivity index (χ1) is 7.16. The molecule has 0 radical (unpaired) electrons. The van der Waals surface area contributed by atoms with Gasteiger partial charge in [-0.2, -0.15) is 0 Å². The summed E-state index contributed by atoms with van der Waals surface area (Å²) in [7, 11) is 0. The van der Waals surface area contributed by atoms with Crippen molar-refractivity contribution >= 4 is 5.78 Å². The Morgan fingerprint density at radius 3 is 2.80 bits per heavy atom. The highest BCUT2D eigenvalue weighted by Gasteiger charge is 2.21.